The fourth-order valence-corrected chi connectivity index (χ4v) is 5.45. The number of hydrogen-bond donors (Lipinski definition) is 2. The Labute approximate surface area is 198 Å². The lowest BCUT2D eigenvalue weighted by Crippen LogP contribution is -2.41. The van der Waals surface area contributed by atoms with Crippen molar-refractivity contribution in [1.82, 2.24) is 14.4 Å². The molecule has 10 heteroatoms. The van der Waals surface area contributed by atoms with E-state index >= 15 is 0 Å². The van der Waals surface area contributed by atoms with Crippen LogP contribution in [0.15, 0.2) is 62.7 Å². The Morgan fingerprint density at radius 1 is 1.12 bits per heavy atom. The van der Waals surface area contributed by atoms with Crippen molar-refractivity contribution >= 4 is 21.6 Å². The fourth-order valence-electron chi connectivity index (χ4n) is 3.98. The lowest BCUT2D eigenvalue weighted by Gasteiger charge is -2.30. The first-order valence-electron chi connectivity index (χ1n) is 11.1. The Kier molecular flexibility index (Phi) is 6.46. The van der Waals surface area contributed by atoms with Gasteiger partial charge in [-0.1, -0.05) is 50.2 Å². The number of benzene rings is 2. The molecule has 0 aliphatic carbocycles. The van der Waals surface area contributed by atoms with Gasteiger partial charge in [0.1, 0.15) is 0 Å². The molecule has 0 saturated carbocycles. The maximum absolute atomic E-state index is 13.1. The molecule has 0 bridgehead atoms. The van der Waals surface area contributed by atoms with Crippen molar-refractivity contribution in [3.63, 3.8) is 0 Å². The highest BCUT2D eigenvalue weighted by Gasteiger charge is 2.32. The number of aromatic nitrogens is 2. The molecule has 3 aromatic rings. The average molecular weight is 485 g/mol. The summed E-state index contributed by atoms with van der Waals surface area (Å²) >= 11 is 0. The molecule has 0 spiro atoms. The zero-order valence-corrected chi connectivity index (χ0v) is 20.2. The van der Waals surface area contributed by atoms with Crippen LogP contribution in [0.4, 0.5) is 5.69 Å². The number of nitrogens with zero attached hydrogens (tertiary/aromatic N) is 2. The molecule has 1 amide bonds. The zero-order chi connectivity index (χ0) is 24.5. The first kappa shape index (κ1) is 23.9. The molecular formula is C24H28N4O5S. The number of hydrogen-bond acceptors (Lipinski definition) is 6. The highest BCUT2D eigenvalue weighted by Crippen LogP contribution is 2.28. The van der Waals surface area contributed by atoms with Crippen molar-refractivity contribution in [2.45, 2.75) is 43.9 Å². The number of nitrogens with one attached hydrogen (secondary N) is 2. The summed E-state index contributed by atoms with van der Waals surface area (Å²) < 4.78 is 32.1. The summed E-state index contributed by atoms with van der Waals surface area (Å²) in [6, 6.07) is 13.9. The summed E-state index contributed by atoms with van der Waals surface area (Å²) in [5.41, 5.74) is 2.17. The topological polar surface area (TPSA) is 125 Å². The number of carbonyl (C=O) groups is 1. The first-order valence-corrected chi connectivity index (χ1v) is 12.6. The molecule has 1 aliphatic rings. The molecule has 1 saturated heterocycles. The predicted octanol–water partition coefficient (Wildman–Crippen LogP) is 3.37. The molecule has 0 unspecified atom stereocenters. The van der Waals surface area contributed by atoms with E-state index in [-0.39, 0.29) is 41.0 Å². The van der Waals surface area contributed by atoms with Gasteiger partial charge >= 0.3 is 5.76 Å². The van der Waals surface area contributed by atoms with E-state index in [0.29, 0.717) is 24.1 Å². The van der Waals surface area contributed by atoms with Crippen LogP contribution in [0.5, 0.6) is 0 Å². The van der Waals surface area contributed by atoms with Gasteiger partial charge in [0.15, 0.2) is 5.82 Å². The largest absolute Gasteiger partial charge is 0.439 e. The van der Waals surface area contributed by atoms with Crippen molar-refractivity contribution < 1.29 is 17.7 Å². The second kappa shape index (κ2) is 9.19. The van der Waals surface area contributed by atoms with E-state index in [2.05, 4.69) is 40.8 Å². The number of H-pyrrole nitrogens is 1. The Hall–Kier alpha value is -3.24. The van der Waals surface area contributed by atoms with E-state index in [1.54, 1.807) is 36.4 Å². The number of amides is 1. The average Bonchev–Trinajstić information content (AvgIpc) is 3.25. The van der Waals surface area contributed by atoms with E-state index in [0.717, 1.165) is 5.56 Å². The van der Waals surface area contributed by atoms with Crippen LogP contribution in [-0.4, -0.2) is 41.9 Å². The van der Waals surface area contributed by atoms with E-state index in [1.165, 1.54) is 4.31 Å². The van der Waals surface area contributed by atoms with E-state index in [4.69, 9.17) is 0 Å². The predicted molar refractivity (Wildman–Crippen MR) is 128 cm³/mol. The van der Waals surface area contributed by atoms with E-state index in [1.807, 2.05) is 12.1 Å². The Bertz CT molecular complexity index is 1330. The molecule has 34 heavy (non-hydrogen) atoms. The van der Waals surface area contributed by atoms with Crippen molar-refractivity contribution in [3.8, 4) is 11.4 Å². The monoisotopic (exact) mass is 484 g/mol. The van der Waals surface area contributed by atoms with Gasteiger partial charge in [-0.2, -0.15) is 4.31 Å². The van der Waals surface area contributed by atoms with Crippen molar-refractivity contribution in [3.05, 3.63) is 64.6 Å². The van der Waals surface area contributed by atoms with Crippen LogP contribution in [0.1, 0.15) is 39.2 Å². The smallest absolute Gasteiger partial charge is 0.326 e. The van der Waals surface area contributed by atoms with Crippen molar-refractivity contribution in [2.75, 3.05) is 18.4 Å². The molecule has 180 valence electrons. The summed E-state index contributed by atoms with van der Waals surface area (Å²) in [6.45, 7) is 6.80. The standard InChI is InChI=1S/C24H28N4O5S/c1-24(2,3)18-7-9-20(10-8-18)34(31,32)28-13-11-16(12-14-28)22(29)25-19-6-4-5-17(15-19)21-26-23(30)33-27-21/h4-10,15-16H,11-14H2,1-3H3,(H,25,29)(H,26,27,30). The molecule has 1 aliphatic heterocycles. The van der Waals surface area contributed by atoms with Gasteiger partial charge in [-0.15, -0.1) is 0 Å². The Morgan fingerprint density at radius 2 is 1.79 bits per heavy atom. The molecule has 1 fully saturated rings. The van der Waals surface area contributed by atoms with Crippen LogP contribution in [0, 0.1) is 5.92 Å². The minimum Gasteiger partial charge on any atom is -0.326 e. The van der Waals surface area contributed by atoms with Gasteiger partial charge < -0.3 is 5.32 Å². The van der Waals surface area contributed by atoms with Crippen molar-refractivity contribution in [1.29, 1.82) is 0 Å². The van der Waals surface area contributed by atoms with E-state index in [9.17, 15) is 18.0 Å². The molecule has 2 N–H and O–H groups in total. The second-order valence-corrected chi connectivity index (χ2v) is 11.4. The number of aromatic amines is 1. The normalized spacial score (nSPS) is 15.9. The summed E-state index contributed by atoms with van der Waals surface area (Å²) in [4.78, 5) is 26.7. The Morgan fingerprint density at radius 3 is 2.38 bits per heavy atom. The highest BCUT2D eigenvalue weighted by molar-refractivity contribution is 7.89. The molecule has 0 atom stereocenters. The SMILES string of the molecule is CC(C)(C)c1ccc(S(=O)(=O)N2CCC(C(=O)Nc3cccc(-c4noc(=O)[nH]4)c3)CC2)cc1. The number of piperidine rings is 1. The highest BCUT2D eigenvalue weighted by atomic mass is 32.2. The van der Waals surface area contributed by atoms with Crippen LogP contribution in [0.25, 0.3) is 11.4 Å². The van der Waals surface area contributed by atoms with Gasteiger partial charge in [0, 0.05) is 30.3 Å². The first-order chi connectivity index (χ1) is 16.0. The summed E-state index contributed by atoms with van der Waals surface area (Å²) in [6.07, 6.45) is 0.864. The minimum atomic E-state index is -3.61. The maximum atomic E-state index is 13.1. The van der Waals surface area contributed by atoms with Gasteiger partial charge in [0.25, 0.3) is 0 Å². The molecular weight excluding hydrogens is 456 g/mol. The summed E-state index contributed by atoms with van der Waals surface area (Å²) in [7, 11) is -3.61. The lowest BCUT2D eigenvalue weighted by atomic mass is 9.87. The molecule has 2 aromatic carbocycles. The number of carbonyl (C=O) groups excluding carboxylic acids is 1. The van der Waals surface area contributed by atoms with Crippen LogP contribution in [0.2, 0.25) is 0 Å². The molecule has 0 radical (unpaired) electrons. The second-order valence-electron chi connectivity index (χ2n) is 9.47. The molecule has 9 nitrogen and oxygen atoms in total. The fraction of sp³-hybridized carbons (Fsp3) is 0.375. The van der Waals surface area contributed by atoms with Crippen LogP contribution in [0.3, 0.4) is 0 Å². The van der Waals surface area contributed by atoms with Gasteiger partial charge in [-0.25, -0.2) is 13.2 Å². The molecule has 1 aromatic heterocycles. The lowest BCUT2D eigenvalue weighted by molar-refractivity contribution is -0.120. The third-order valence-corrected chi connectivity index (χ3v) is 7.94. The van der Waals surface area contributed by atoms with Gasteiger partial charge in [0.05, 0.1) is 4.90 Å². The number of anilines is 1. The van der Waals surface area contributed by atoms with Crippen LogP contribution >= 0.6 is 0 Å². The summed E-state index contributed by atoms with van der Waals surface area (Å²) in [5, 5.41) is 6.53. The van der Waals surface area contributed by atoms with Gasteiger partial charge in [0.2, 0.25) is 15.9 Å². The van der Waals surface area contributed by atoms with Gasteiger partial charge in [-0.3, -0.25) is 14.3 Å². The van der Waals surface area contributed by atoms with Gasteiger partial charge in [-0.05, 0) is 48.1 Å². The Balaban J connectivity index is 1.38. The third-order valence-electron chi connectivity index (χ3n) is 6.03. The number of sulfonamides is 1. The zero-order valence-electron chi connectivity index (χ0n) is 19.4. The van der Waals surface area contributed by atoms with E-state index < -0.39 is 15.8 Å². The van der Waals surface area contributed by atoms with Crippen LogP contribution < -0.4 is 11.1 Å². The summed E-state index contributed by atoms with van der Waals surface area (Å²) in [5.74, 6) is -0.853. The molecule has 2 heterocycles. The maximum Gasteiger partial charge on any atom is 0.439 e. The third kappa shape index (κ3) is 5.13. The van der Waals surface area contributed by atoms with Crippen molar-refractivity contribution in [2.24, 2.45) is 5.92 Å². The van der Waals surface area contributed by atoms with Crippen LogP contribution in [-0.2, 0) is 20.2 Å². The quantitative estimate of drug-likeness (QED) is 0.572. The molecule has 4 rings (SSSR count). The number of rotatable bonds is 5. The minimum absolute atomic E-state index is 0.0558.